The van der Waals surface area contributed by atoms with Crippen LogP contribution in [0.25, 0.3) is 0 Å². The first-order chi connectivity index (χ1) is 9.45. The molecule has 0 aliphatic carbocycles. The lowest BCUT2D eigenvalue weighted by molar-refractivity contribution is 0.0994. The van der Waals surface area contributed by atoms with E-state index in [1.165, 1.54) is 23.5 Å². The van der Waals surface area contributed by atoms with Crippen molar-refractivity contribution in [2.24, 2.45) is 0 Å². The van der Waals surface area contributed by atoms with Gasteiger partial charge in [-0.2, -0.15) is 0 Å². The van der Waals surface area contributed by atoms with E-state index in [-0.39, 0.29) is 7.92 Å². The second-order valence-corrected chi connectivity index (χ2v) is 7.39. The van der Waals surface area contributed by atoms with Crippen molar-refractivity contribution < 1.29 is 4.74 Å². The van der Waals surface area contributed by atoms with Gasteiger partial charge in [-0.1, -0.05) is 60.7 Å². The zero-order valence-electron chi connectivity index (χ0n) is 11.0. The van der Waals surface area contributed by atoms with Gasteiger partial charge in [0.05, 0.1) is 0 Å². The highest BCUT2D eigenvalue weighted by atomic mass is 31.1. The normalized spacial score (nSPS) is 16.7. The average Bonchev–Trinajstić information content (AvgIpc) is 2.51. The van der Waals surface area contributed by atoms with Crippen molar-refractivity contribution in [3.63, 3.8) is 0 Å². The molecular formula is C17H19OP. The Labute approximate surface area is 116 Å². The Morgan fingerprint density at radius 2 is 1.21 bits per heavy atom. The number of rotatable bonds is 3. The van der Waals surface area contributed by atoms with Gasteiger partial charge in [0.2, 0.25) is 0 Å². The van der Waals surface area contributed by atoms with Gasteiger partial charge in [0.25, 0.3) is 0 Å². The fourth-order valence-electron chi connectivity index (χ4n) is 2.69. The van der Waals surface area contributed by atoms with E-state index in [2.05, 4.69) is 60.7 Å². The van der Waals surface area contributed by atoms with E-state index in [1.54, 1.807) is 0 Å². The first-order valence-corrected chi connectivity index (χ1v) is 8.33. The van der Waals surface area contributed by atoms with E-state index in [4.69, 9.17) is 4.74 Å². The maximum absolute atomic E-state index is 5.53. The lowest BCUT2D eigenvalue weighted by Gasteiger charge is -2.31. The number of ether oxygens (including phenoxy) is 1. The Hall–Kier alpha value is -1.17. The second kappa shape index (κ2) is 6.32. The van der Waals surface area contributed by atoms with Crippen molar-refractivity contribution >= 4 is 18.5 Å². The third-order valence-corrected chi connectivity index (χ3v) is 6.58. The number of benzene rings is 2. The topological polar surface area (TPSA) is 9.23 Å². The molecule has 0 N–H and O–H groups in total. The van der Waals surface area contributed by atoms with Crippen molar-refractivity contribution in [3.05, 3.63) is 60.7 Å². The van der Waals surface area contributed by atoms with Crippen molar-refractivity contribution in [2.45, 2.75) is 18.5 Å². The van der Waals surface area contributed by atoms with Crippen LogP contribution in [0.4, 0.5) is 0 Å². The minimum absolute atomic E-state index is 0.249. The fourth-order valence-corrected chi connectivity index (χ4v) is 5.55. The zero-order chi connectivity index (χ0) is 12.9. The Morgan fingerprint density at radius 3 is 1.68 bits per heavy atom. The third kappa shape index (κ3) is 3.05. The van der Waals surface area contributed by atoms with Crippen LogP contribution < -0.4 is 10.6 Å². The summed E-state index contributed by atoms with van der Waals surface area (Å²) in [5.41, 5.74) is 0.758. The van der Waals surface area contributed by atoms with E-state index in [1.807, 2.05) is 0 Å². The third-order valence-electron chi connectivity index (χ3n) is 3.62. The summed E-state index contributed by atoms with van der Waals surface area (Å²) < 4.78 is 5.53. The van der Waals surface area contributed by atoms with E-state index >= 15 is 0 Å². The molecule has 1 aliphatic heterocycles. The largest absolute Gasteiger partial charge is 0.381 e. The molecule has 0 spiro atoms. The van der Waals surface area contributed by atoms with Crippen LogP contribution in [0.5, 0.6) is 0 Å². The Balaban J connectivity index is 1.96. The summed E-state index contributed by atoms with van der Waals surface area (Å²) in [5, 5.41) is 2.99. The molecule has 0 aromatic heterocycles. The van der Waals surface area contributed by atoms with Gasteiger partial charge in [0.1, 0.15) is 0 Å². The molecule has 0 radical (unpaired) electrons. The van der Waals surface area contributed by atoms with Gasteiger partial charge in [0.15, 0.2) is 0 Å². The zero-order valence-corrected chi connectivity index (χ0v) is 11.9. The first kappa shape index (κ1) is 12.8. The summed E-state index contributed by atoms with van der Waals surface area (Å²) in [6.45, 7) is 1.84. The van der Waals surface area contributed by atoms with E-state index in [9.17, 15) is 0 Å². The van der Waals surface area contributed by atoms with E-state index in [0.717, 1.165) is 18.9 Å². The predicted molar refractivity (Wildman–Crippen MR) is 82.9 cm³/mol. The van der Waals surface area contributed by atoms with Gasteiger partial charge in [-0.05, 0) is 37.0 Å². The maximum Gasteiger partial charge on any atom is 0.0472 e. The Kier molecular flexibility index (Phi) is 4.27. The monoisotopic (exact) mass is 270 g/mol. The lowest BCUT2D eigenvalue weighted by atomic mass is 10.2. The standard InChI is InChI=1S/C17H19OP/c1-3-7-15(8-4-1)19(16-9-5-2-6-10-16)17-11-13-18-14-12-17/h1-10,17H,11-14H2. The summed E-state index contributed by atoms with van der Waals surface area (Å²) >= 11 is 0. The molecule has 0 amide bonds. The summed E-state index contributed by atoms with van der Waals surface area (Å²) in [4.78, 5) is 0. The molecule has 0 bridgehead atoms. The number of hydrogen-bond acceptors (Lipinski definition) is 1. The molecule has 1 saturated heterocycles. The van der Waals surface area contributed by atoms with Crippen LogP contribution in [0.15, 0.2) is 60.7 Å². The Bertz CT molecular complexity index is 452. The van der Waals surface area contributed by atoms with E-state index in [0.29, 0.717) is 0 Å². The SMILES string of the molecule is c1ccc(P(c2ccccc2)C2CCOCC2)cc1. The van der Waals surface area contributed by atoms with Crippen molar-refractivity contribution in [3.8, 4) is 0 Å². The Morgan fingerprint density at radius 1 is 0.737 bits per heavy atom. The maximum atomic E-state index is 5.53. The van der Waals surface area contributed by atoms with Crippen LogP contribution >= 0.6 is 7.92 Å². The van der Waals surface area contributed by atoms with Crippen molar-refractivity contribution in [1.29, 1.82) is 0 Å². The van der Waals surface area contributed by atoms with Gasteiger partial charge in [-0.3, -0.25) is 0 Å². The quantitative estimate of drug-likeness (QED) is 0.778. The van der Waals surface area contributed by atoms with Crippen LogP contribution in [0, 0.1) is 0 Å². The van der Waals surface area contributed by atoms with Crippen LogP contribution in [-0.2, 0) is 4.74 Å². The summed E-state index contributed by atoms with van der Waals surface area (Å²) in [6, 6.07) is 22.0. The molecule has 19 heavy (non-hydrogen) atoms. The molecule has 0 saturated carbocycles. The molecule has 2 aromatic rings. The van der Waals surface area contributed by atoms with E-state index < -0.39 is 0 Å². The molecule has 2 heteroatoms. The van der Waals surface area contributed by atoms with Crippen LogP contribution in [0.1, 0.15) is 12.8 Å². The highest BCUT2D eigenvalue weighted by molar-refractivity contribution is 7.73. The molecule has 1 aliphatic rings. The molecule has 0 unspecified atom stereocenters. The highest BCUT2D eigenvalue weighted by Crippen LogP contribution is 2.43. The van der Waals surface area contributed by atoms with Crippen molar-refractivity contribution in [2.75, 3.05) is 13.2 Å². The van der Waals surface area contributed by atoms with Crippen LogP contribution in [-0.4, -0.2) is 18.9 Å². The molecule has 1 heterocycles. The minimum Gasteiger partial charge on any atom is -0.381 e. The lowest BCUT2D eigenvalue weighted by Crippen LogP contribution is -2.27. The van der Waals surface area contributed by atoms with Gasteiger partial charge in [-0.15, -0.1) is 0 Å². The van der Waals surface area contributed by atoms with Gasteiger partial charge in [-0.25, -0.2) is 0 Å². The number of hydrogen-bond donors (Lipinski definition) is 0. The van der Waals surface area contributed by atoms with Gasteiger partial charge in [0, 0.05) is 13.2 Å². The fraction of sp³-hybridized carbons (Fsp3) is 0.294. The molecule has 0 atom stereocenters. The van der Waals surface area contributed by atoms with Gasteiger partial charge < -0.3 is 4.74 Å². The second-order valence-electron chi connectivity index (χ2n) is 4.88. The highest BCUT2D eigenvalue weighted by Gasteiger charge is 2.26. The molecule has 2 aromatic carbocycles. The average molecular weight is 270 g/mol. The smallest absolute Gasteiger partial charge is 0.0472 e. The molecule has 1 fully saturated rings. The van der Waals surface area contributed by atoms with Gasteiger partial charge >= 0.3 is 0 Å². The molecule has 3 rings (SSSR count). The summed E-state index contributed by atoms with van der Waals surface area (Å²) in [6.07, 6.45) is 2.38. The first-order valence-electron chi connectivity index (χ1n) is 6.92. The molecule has 98 valence electrons. The van der Waals surface area contributed by atoms with Crippen LogP contribution in [0.2, 0.25) is 0 Å². The minimum atomic E-state index is -0.249. The van der Waals surface area contributed by atoms with Crippen LogP contribution in [0.3, 0.4) is 0 Å². The summed E-state index contributed by atoms with van der Waals surface area (Å²) in [5.74, 6) is 0. The predicted octanol–water partition coefficient (Wildman–Crippen LogP) is 3.30. The summed E-state index contributed by atoms with van der Waals surface area (Å²) in [7, 11) is -0.249. The molecular weight excluding hydrogens is 251 g/mol. The van der Waals surface area contributed by atoms with Crippen molar-refractivity contribution in [1.82, 2.24) is 0 Å². The molecule has 1 nitrogen and oxygen atoms in total.